The quantitative estimate of drug-likeness (QED) is 0.690. The first-order valence-corrected chi connectivity index (χ1v) is 6.91. The molecule has 98 valence electrons. The molecule has 0 radical (unpaired) electrons. The van der Waals surface area contributed by atoms with Gasteiger partial charge in [0.2, 0.25) is 5.95 Å². The van der Waals surface area contributed by atoms with E-state index < -0.39 is 0 Å². The van der Waals surface area contributed by atoms with Gasteiger partial charge >= 0.3 is 0 Å². The van der Waals surface area contributed by atoms with E-state index in [9.17, 15) is 0 Å². The molecule has 0 aliphatic rings. The lowest BCUT2D eigenvalue weighted by molar-refractivity contribution is 0.479. The van der Waals surface area contributed by atoms with E-state index >= 15 is 0 Å². The van der Waals surface area contributed by atoms with Crippen molar-refractivity contribution >= 4 is 5.95 Å². The first-order valence-electron chi connectivity index (χ1n) is 6.91. The molecule has 0 aliphatic carbocycles. The summed E-state index contributed by atoms with van der Waals surface area (Å²) >= 11 is 0. The molecule has 1 rings (SSSR count). The molecule has 0 amide bonds. The minimum atomic E-state index is 0.540. The van der Waals surface area contributed by atoms with Crippen molar-refractivity contribution in [2.24, 2.45) is 5.92 Å². The minimum Gasteiger partial charge on any atom is -0.355 e. The van der Waals surface area contributed by atoms with Crippen LogP contribution < -0.4 is 5.32 Å². The highest BCUT2D eigenvalue weighted by Gasteiger charge is 2.09. The number of anilines is 1. The Balaban J connectivity index is 2.48. The van der Waals surface area contributed by atoms with Crippen LogP contribution in [0.3, 0.4) is 0 Å². The standard InChI is InChI=1S/C14H27N3/c1-5-6-7-8-13(4)17-10-9-15-14(17)16-11-12(2)3/h9-10,12-13H,5-8,11H2,1-4H3,(H,15,16). The van der Waals surface area contributed by atoms with Crippen LogP contribution >= 0.6 is 0 Å². The van der Waals surface area contributed by atoms with Crippen molar-refractivity contribution in [2.75, 3.05) is 11.9 Å². The van der Waals surface area contributed by atoms with E-state index in [1.807, 2.05) is 6.20 Å². The lowest BCUT2D eigenvalue weighted by Gasteiger charge is -2.17. The number of hydrogen-bond acceptors (Lipinski definition) is 2. The van der Waals surface area contributed by atoms with E-state index in [4.69, 9.17) is 0 Å². The Bertz CT molecular complexity index is 304. The van der Waals surface area contributed by atoms with Gasteiger partial charge in [-0.15, -0.1) is 0 Å². The maximum Gasteiger partial charge on any atom is 0.203 e. The highest BCUT2D eigenvalue weighted by atomic mass is 15.2. The SMILES string of the molecule is CCCCCC(C)n1ccnc1NCC(C)C. The van der Waals surface area contributed by atoms with Gasteiger partial charge in [0.15, 0.2) is 0 Å². The Morgan fingerprint density at radius 2 is 2.06 bits per heavy atom. The van der Waals surface area contributed by atoms with Gasteiger partial charge in [-0.05, 0) is 19.3 Å². The third kappa shape index (κ3) is 4.80. The molecule has 1 atom stereocenters. The van der Waals surface area contributed by atoms with Gasteiger partial charge in [-0.3, -0.25) is 0 Å². The minimum absolute atomic E-state index is 0.540. The van der Waals surface area contributed by atoms with Crippen molar-refractivity contribution in [3.8, 4) is 0 Å². The fraction of sp³-hybridized carbons (Fsp3) is 0.786. The Labute approximate surface area is 106 Å². The number of nitrogens with zero attached hydrogens (tertiary/aromatic N) is 2. The zero-order valence-electron chi connectivity index (χ0n) is 11.7. The van der Waals surface area contributed by atoms with E-state index in [1.165, 1.54) is 25.7 Å². The fourth-order valence-corrected chi connectivity index (χ4v) is 1.93. The maximum absolute atomic E-state index is 4.39. The molecule has 0 aromatic carbocycles. The third-order valence-electron chi connectivity index (χ3n) is 3.04. The molecule has 1 aromatic rings. The van der Waals surface area contributed by atoms with Crippen LogP contribution in [0.15, 0.2) is 12.4 Å². The third-order valence-corrected chi connectivity index (χ3v) is 3.04. The summed E-state index contributed by atoms with van der Waals surface area (Å²) in [6, 6.07) is 0.540. The van der Waals surface area contributed by atoms with Gasteiger partial charge in [-0.2, -0.15) is 0 Å². The van der Waals surface area contributed by atoms with E-state index in [2.05, 4.69) is 48.8 Å². The molecule has 0 aliphatic heterocycles. The highest BCUT2D eigenvalue weighted by Crippen LogP contribution is 2.19. The molecule has 0 fully saturated rings. The van der Waals surface area contributed by atoms with E-state index in [1.54, 1.807) is 0 Å². The number of hydrogen-bond donors (Lipinski definition) is 1. The smallest absolute Gasteiger partial charge is 0.203 e. The van der Waals surface area contributed by atoms with Crippen molar-refractivity contribution in [3.63, 3.8) is 0 Å². The second-order valence-electron chi connectivity index (χ2n) is 5.28. The van der Waals surface area contributed by atoms with Crippen LogP contribution in [0.1, 0.15) is 59.4 Å². The summed E-state index contributed by atoms with van der Waals surface area (Å²) in [4.78, 5) is 4.39. The predicted molar refractivity (Wildman–Crippen MR) is 74.4 cm³/mol. The van der Waals surface area contributed by atoms with Gasteiger partial charge < -0.3 is 9.88 Å². The predicted octanol–water partition coefficient (Wildman–Crippen LogP) is 4.09. The Kier molecular flexibility index (Phi) is 6.09. The molecule has 1 aromatic heterocycles. The highest BCUT2D eigenvalue weighted by molar-refractivity contribution is 5.26. The average molecular weight is 237 g/mol. The number of aromatic nitrogens is 2. The molecule has 3 heteroatoms. The van der Waals surface area contributed by atoms with Crippen LogP contribution in [0.5, 0.6) is 0 Å². The molecular weight excluding hydrogens is 210 g/mol. The van der Waals surface area contributed by atoms with Crippen LogP contribution in [-0.4, -0.2) is 16.1 Å². The lowest BCUT2D eigenvalue weighted by Crippen LogP contribution is -2.14. The molecule has 1 N–H and O–H groups in total. The van der Waals surface area contributed by atoms with Gasteiger partial charge in [0.05, 0.1) is 0 Å². The van der Waals surface area contributed by atoms with Crippen molar-refractivity contribution in [1.29, 1.82) is 0 Å². The molecule has 0 saturated carbocycles. The largest absolute Gasteiger partial charge is 0.355 e. The number of nitrogens with one attached hydrogen (secondary N) is 1. The van der Waals surface area contributed by atoms with Gasteiger partial charge in [-0.25, -0.2) is 4.98 Å². The average Bonchev–Trinajstić information content (AvgIpc) is 2.74. The summed E-state index contributed by atoms with van der Waals surface area (Å²) in [6.45, 7) is 9.93. The van der Waals surface area contributed by atoms with Crippen LogP contribution in [0.25, 0.3) is 0 Å². The van der Waals surface area contributed by atoms with Crippen molar-refractivity contribution in [3.05, 3.63) is 12.4 Å². The molecule has 3 nitrogen and oxygen atoms in total. The normalized spacial score (nSPS) is 13.0. The molecule has 0 saturated heterocycles. The van der Waals surface area contributed by atoms with Crippen molar-refractivity contribution in [1.82, 2.24) is 9.55 Å². The molecular formula is C14H27N3. The van der Waals surface area contributed by atoms with Crippen molar-refractivity contribution in [2.45, 2.75) is 59.4 Å². The molecule has 1 heterocycles. The van der Waals surface area contributed by atoms with Crippen LogP contribution in [-0.2, 0) is 0 Å². The zero-order chi connectivity index (χ0) is 12.7. The number of rotatable bonds is 8. The summed E-state index contributed by atoms with van der Waals surface area (Å²) in [7, 11) is 0. The summed E-state index contributed by atoms with van der Waals surface area (Å²) in [5, 5.41) is 3.42. The Hall–Kier alpha value is -0.990. The summed E-state index contributed by atoms with van der Waals surface area (Å²) in [5.41, 5.74) is 0. The molecule has 17 heavy (non-hydrogen) atoms. The Morgan fingerprint density at radius 1 is 1.29 bits per heavy atom. The molecule has 0 spiro atoms. The second-order valence-corrected chi connectivity index (χ2v) is 5.28. The number of unbranched alkanes of at least 4 members (excludes halogenated alkanes) is 2. The van der Waals surface area contributed by atoms with Gasteiger partial charge in [0.25, 0.3) is 0 Å². The topological polar surface area (TPSA) is 29.9 Å². The van der Waals surface area contributed by atoms with E-state index in [-0.39, 0.29) is 0 Å². The molecule has 0 bridgehead atoms. The fourth-order valence-electron chi connectivity index (χ4n) is 1.93. The first-order chi connectivity index (χ1) is 8.15. The lowest BCUT2D eigenvalue weighted by atomic mass is 10.1. The van der Waals surface area contributed by atoms with Gasteiger partial charge in [-0.1, -0.05) is 40.0 Å². The summed E-state index contributed by atoms with van der Waals surface area (Å²) < 4.78 is 2.26. The monoisotopic (exact) mass is 237 g/mol. The maximum atomic E-state index is 4.39. The van der Waals surface area contributed by atoms with Crippen LogP contribution in [0, 0.1) is 5.92 Å². The van der Waals surface area contributed by atoms with Crippen LogP contribution in [0.2, 0.25) is 0 Å². The second kappa shape index (κ2) is 7.36. The van der Waals surface area contributed by atoms with E-state index in [0.29, 0.717) is 12.0 Å². The molecule has 1 unspecified atom stereocenters. The Morgan fingerprint density at radius 3 is 2.71 bits per heavy atom. The van der Waals surface area contributed by atoms with Crippen molar-refractivity contribution < 1.29 is 0 Å². The number of imidazole rings is 1. The van der Waals surface area contributed by atoms with Gasteiger partial charge in [0.1, 0.15) is 0 Å². The van der Waals surface area contributed by atoms with Gasteiger partial charge in [0, 0.05) is 25.0 Å². The summed E-state index contributed by atoms with van der Waals surface area (Å²) in [6.07, 6.45) is 9.13. The first kappa shape index (κ1) is 14.1. The summed E-state index contributed by atoms with van der Waals surface area (Å²) in [5.74, 6) is 1.67. The van der Waals surface area contributed by atoms with Crippen LogP contribution in [0.4, 0.5) is 5.95 Å². The van der Waals surface area contributed by atoms with E-state index in [0.717, 1.165) is 12.5 Å². The zero-order valence-corrected chi connectivity index (χ0v) is 11.7.